The quantitative estimate of drug-likeness (QED) is 0.726. The van der Waals surface area contributed by atoms with Crippen LogP contribution in [-0.2, 0) is 4.79 Å². The minimum atomic E-state index is 0.0825. The number of amides is 2. The number of hydrogen-bond acceptors (Lipinski definition) is 4. The van der Waals surface area contributed by atoms with E-state index in [2.05, 4.69) is 35.8 Å². The predicted octanol–water partition coefficient (Wildman–Crippen LogP) is 3.08. The fraction of sp³-hybridized carbons (Fsp3) is 0.680. The number of rotatable bonds is 5. The summed E-state index contributed by atoms with van der Waals surface area (Å²) in [5.41, 5.74) is 1.94. The Morgan fingerprint density at radius 2 is 1.42 bits per heavy atom. The van der Waals surface area contributed by atoms with Crippen LogP contribution in [0.3, 0.4) is 0 Å². The zero-order valence-electron chi connectivity index (χ0n) is 19.3. The number of carbonyl (C=O) groups excluding carboxylic acids is 2. The van der Waals surface area contributed by atoms with Crippen molar-refractivity contribution in [2.45, 2.75) is 52.0 Å². The van der Waals surface area contributed by atoms with E-state index in [9.17, 15) is 9.59 Å². The Hall–Kier alpha value is -2.08. The van der Waals surface area contributed by atoms with Crippen LogP contribution in [0.2, 0.25) is 0 Å². The van der Waals surface area contributed by atoms with Crippen LogP contribution >= 0.6 is 0 Å². The average Bonchev–Trinajstić information content (AvgIpc) is 3.32. The fourth-order valence-corrected chi connectivity index (χ4v) is 5.24. The Morgan fingerprint density at radius 1 is 0.839 bits per heavy atom. The standard InChI is InChI=1S/C25H38N4O2/c1-20(2)26-11-13-27(14-12-26)23-9-7-22(8-10-23)25(31)29-17-15-28(16-18-29)24(30)19-21-5-3-4-6-21/h7-10,20-21H,3-6,11-19H2,1-2H3. The molecule has 2 aliphatic heterocycles. The molecule has 6 nitrogen and oxygen atoms in total. The van der Waals surface area contributed by atoms with Crippen LogP contribution in [-0.4, -0.2) is 84.9 Å². The van der Waals surface area contributed by atoms with Gasteiger partial charge in [0.05, 0.1) is 0 Å². The van der Waals surface area contributed by atoms with Gasteiger partial charge in [0.25, 0.3) is 5.91 Å². The third-order valence-electron chi connectivity index (χ3n) is 7.38. The Labute approximate surface area is 187 Å². The highest BCUT2D eigenvalue weighted by Crippen LogP contribution is 2.28. The monoisotopic (exact) mass is 426 g/mol. The SMILES string of the molecule is CC(C)N1CCN(c2ccc(C(=O)N3CCN(C(=O)CC4CCCC4)CC3)cc2)CC1. The molecule has 1 aromatic rings. The molecule has 2 amide bonds. The van der Waals surface area contributed by atoms with Crippen molar-refractivity contribution >= 4 is 17.5 Å². The molecule has 0 bridgehead atoms. The highest BCUT2D eigenvalue weighted by Gasteiger charge is 2.27. The lowest BCUT2D eigenvalue weighted by Gasteiger charge is -2.38. The van der Waals surface area contributed by atoms with Gasteiger partial charge in [-0.05, 0) is 56.9 Å². The van der Waals surface area contributed by atoms with Crippen molar-refractivity contribution in [1.82, 2.24) is 14.7 Å². The van der Waals surface area contributed by atoms with Crippen LogP contribution in [0.4, 0.5) is 5.69 Å². The molecule has 1 aliphatic carbocycles. The summed E-state index contributed by atoms with van der Waals surface area (Å²) in [6, 6.07) is 8.69. The first kappa shape index (κ1) is 22.1. The van der Waals surface area contributed by atoms with E-state index < -0.39 is 0 Å². The van der Waals surface area contributed by atoms with E-state index in [4.69, 9.17) is 0 Å². The van der Waals surface area contributed by atoms with E-state index in [1.165, 1.54) is 31.4 Å². The minimum absolute atomic E-state index is 0.0825. The van der Waals surface area contributed by atoms with Crippen molar-refractivity contribution in [1.29, 1.82) is 0 Å². The third kappa shape index (κ3) is 5.40. The number of benzene rings is 1. The lowest BCUT2D eigenvalue weighted by Crippen LogP contribution is -2.50. The van der Waals surface area contributed by atoms with E-state index in [0.29, 0.717) is 44.6 Å². The maximum absolute atomic E-state index is 13.0. The van der Waals surface area contributed by atoms with E-state index in [1.54, 1.807) is 0 Å². The van der Waals surface area contributed by atoms with Crippen LogP contribution in [0.25, 0.3) is 0 Å². The second-order valence-corrected chi connectivity index (χ2v) is 9.69. The summed E-state index contributed by atoms with van der Waals surface area (Å²) < 4.78 is 0. The van der Waals surface area contributed by atoms with E-state index in [-0.39, 0.29) is 11.8 Å². The van der Waals surface area contributed by atoms with Crippen molar-refractivity contribution in [2.75, 3.05) is 57.3 Å². The van der Waals surface area contributed by atoms with Gasteiger partial charge in [0.2, 0.25) is 5.91 Å². The molecule has 0 radical (unpaired) electrons. The van der Waals surface area contributed by atoms with Crippen LogP contribution in [0, 0.1) is 5.92 Å². The first-order valence-electron chi connectivity index (χ1n) is 12.2. The Kier molecular flexibility index (Phi) is 7.16. The van der Waals surface area contributed by atoms with Gasteiger partial charge in [-0.1, -0.05) is 12.8 Å². The Balaban J connectivity index is 1.26. The lowest BCUT2D eigenvalue weighted by atomic mass is 10.0. The van der Waals surface area contributed by atoms with Gasteiger partial charge in [0.15, 0.2) is 0 Å². The summed E-state index contributed by atoms with van der Waals surface area (Å²) >= 11 is 0. The molecule has 2 saturated heterocycles. The molecule has 0 N–H and O–H groups in total. The molecule has 4 rings (SSSR count). The zero-order valence-corrected chi connectivity index (χ0v) is 19.3. The summed E-state index contributed by atoms with van der Waals surface area (Å²) in [5, 5.41) is 0. The van der Waals surface area contributed by atoms with Gasteiger partial charge in [0, 0.05) is 76.1 Å². The van der Waals surface area contributed by atoms with Gasteiger partial charge < -0.3 is 14.7 Å². The summed E-state index contributed by atoms with van der Waals surface area (Å²) in [4.78, 5) is 34.3. The third-order valence-corrected chi connectivity index (χ3v) is 7.38. The number of anilines is 1. The normalized spacial score (nSPS) is 21.2. The van der Waals surface area contributed by atoms with E-state index in [0.717, 1.165) is 31.7 Å². The largest absolute Gasteiger partial charge is 0.369 e. The molecule has 3 aliphatic rings. The topological polar surface area (TPSA) is 47.1 Å². The Morgan fingerprint density at radius 3 is 2.00 bits per heavy atom. The van der Waals surface area contributed by atoms with Gasteiger partial charge in [-0.2, -0.15) is 0 Å². The molecular formula is C25H38N4O2. The molecule has 6 heteroatoms. The summed E-state index contributed by atoms with van der Waals surface area (Å²) in [6.07, 6.45) is 5.64. The van der Waals surface area contributed by atoms with Gasteiger partial charge in [-0.3, -0.25) is 14.5 Å². The van der Waals surface area contributed by atoms with Crippen LogP contribution in [0.15, 0.2) is 24.3 Å². The van der Waals surface area contributed by atoms with Crippen molar-refractivity contribution < 1.29 is 9.59 Å². The Bertz CT molecular complexity index is 741. The van der Waals surface area contributed by atoms with Gasteiger partial charge >= 0.3 is 0 Å². The second kappa shape index (κ2) is 10.0. The molecule has 2 heterocycles. The number of nitrogens with zero attached hydrogens (tertiary/aromatic N) is 4. The fourth-order valence-electron chi connectivity index (χ4n) is 5.24. The molecule has 0 unspecified atom stereocenters. The average molecular weight is 427 g/mol. The molecule has 0 spiro atoms. The molecule has 3 fully saturated rings. The van der Waals surface area contributed by atoms with Crippen molar-refractivity contribution in [3.05, 3.63) is 29.8 Å². The van der Waals surface area contributed by atoms with Crippen LogP contribution < -0.4 is 4.90 Å². The summed E-state index contributed by atoms with van der Waals surface area (Å²) in [5.74, 6) is 0.944. The molecule has 1 saturated carbocycles. The molecule has 31 heavy (non-hydrogen) atoms. The van der Waals surface area contributed by atoms with Crippen molar-refractivity contribution in [3.8, 4) is 0 Å². The zero-order chi connectivity index (χ0) is 21.8. The van der Waals surface area contributed by atoms with Crippen molar-refractivity contribution in [3.63, 3.8) is 0 Å². The second-order valence-electron chi connectivity index (χ2n) is 9.69. The lowest BCUT2D eigenvalue weighted by molar-refractivity contribution is -0.133. The predicted molar refractivity (Wildman–Crippen MR) is 124 cm³/mol. The molecular weight excluding hydrogens is 388 g/mol. The maximum Gasteiger partial charge on any atom is 0.253 e. The number of piperazine rings is 2. The minimum Gasteiger partial charge on any atom is -0.369 e. The highest BCUT2D eigenvalue weighted by molar-refractivity contribution is 5.94. The van der Waals surface area contributed by atoms with Crippen LogP contribution in [0.1, 0.15) is 56.3 Å². The van der Waals surface area contributed by atoms with E-state index >= 15 is 0 Å². The molecule has 170 valence electrons. The number of carbonyl (C=O) groups is 2. The van der Waals surface area contributed by atoms with Gasteiger partial charge in [-0.15, -0.1) is 0 Å². The van der Waals surface area contributed by atoms with Crippen LogP contribution in [0.5, 0.6) is 0 Å². The maximum atomic E-state index is 13.0. The first-order valence-corrected chi connectivity index (χ1v) is 12.2. The van der Waals surface area contributed by atoms with E-state index in [1.807, 2.05) is 21.9 Å². The van der Waals surface area contributed by atoms with Gasteiger partial charge in [0.1, 0.15) is 0 Å². The molecule has 1 aromatic carbocycles. The van der Waals surface area contributed by atoms with Gasteiger partial charge in [-0.25, -0.2) is 0 Å². The first-order chi connectivity index (χ1) is 15.0. The summed E-state index contributed by atoms with van der Waals surface area (Å²) in [7, 11) is 0. The highest BCUT2D eigenvalue weighted by atomic mass is 16.2. The number of hydrogen-bond donors (Lipinski definition) is 0. The molecule has 0 aromatic heterocycles. The summed E-state index contributed by atoms with van der Waals surface area (Å²) in [6.45, 7) is 11.3. The van der Waals surface area contributed by atoms with Crippen molar-refractivity contribution in [2.24, 2.45) is 5.92 Å². The smallest absolute Gasteiger partial charge is 0.253 e. The molecule has 0 atom stereocenters.